The second-order valence-corrected chi connectivity index (χ2v) is 13.8. The van der Waals surface area contributed by atoms with Crippen molar-refractivity contribution in [3.05, 3.63) is 11.1 Å². The molecule has 1 aromatic carbocycles. The largest absolute Gasteiger partial charge is 0.462 e. The number of thioether (sulfide) groups is 4. The monoisotopic (exact) mass is 573 g/mol. The lowest BCUT2D eigenvalue weighted by Crippen LogP contribution is -2.50. The molecule has 200 valence electrons. The molecule has 0 aliphatic carbocycles. The highest BCUT2D eigenvalue weighted by molar-refractivity contribution is 8.22. The highest BCUT2D eigenvalue weighted by Crippen LogP contribution is 2.65. The minimum Gasteiger partial charge on any atom is -0.462 e. The van der Waals surface area contributed by atoms with E-state index >= 15 is 0 Å². The van der Waals surface area contributed by atoms with E-state index in [9.17, 15) is 30.3 Å². The van der Waals surface area contributed by atoms with Crippen LogP contribution in [0.2, 0.25) is 0 Å². The van der Waals surface area contributed by atoms with Crippen LogP contribution < -0.4 is 5.73 Å². The van der Waals surface area contributed by atoms with Gasteiger partial charge >= 0.3 is 5.97 Å². The third kappa shape index (κ3) is 6.25. The summed E-state index contributed by atoms with van der Waals surface area (Å²) in [5.41, 5.74) is 4.80. The van der Waals surface area contributed by atoms with Crippen molar-refractivity contribution >= 4 is 53.0 Å². The van der Waals surface area contributed by atoms with Crippen LogP contribution in [-0.2, 0) is 11.3 Å². The lowest BCUT2D eigenvalue weighted by atomic mass is 10.1. The maximum atomic E-state index is 12.8. The molecule has 0 atom stereocenters. The van der Waals surface area contributed by atoms with Crippen LogP contribution in [0.15, 0.2) is 19.6 Å². The number of aliphatic hydroxyl groups excluding tert-OH is 8. The maximum Gasteiger partial charge on any atom is 0.340 e. The van der Waals surface area contributed by atoms with Gasteiger partial charge in [-0.05, 0) is 6.92 Å². The van der Waals surface area contributed by atoms with E-state index in [-0.39, 0.29) is 39.6 Å². The number of nitrogens with two attached hydrogens (primary N) is 1. The fraction of sp³-hybridized carbons (Fsp3) is 0.650. The number of aliphatic hydroxyl groups is 8. The summed E-state index contributed by atoms with van der Waals surface area (Å²) in [6.45, 7) is -0.913. The number of benzene rings is 1. The normalized spacial score (nSPS) is 17.4. The Labute approximate surface area is 219 Å². The molecule has 2 aliphatic heterocycles. The van der Waals surface area contributed by atoms with Gasteiger partial charge in [0.15, 0.2) is 0 Å². The number of hydrogen-bond acceptors (Lipinski definition) is 15. The van der Waals surface area contributed by atoms with Gasteiger partial charge in [0, 0.05) is 25.1 Å². The van der Waals surface area contributed by atoms with Gasteiger partial charge in [-0.15, -0.1) is 47.0 Å². The molecule has 0 aromatic heterocycles. The second-order valence-electron chi connectivity index (χ2n) is 7.75. The van der Waals surface area contributed by atoms with E-state index in [2.05, 4.69) is 0 Å². The lowest BCUT2D eigenvalue weighted by Gasteiger charge is -2.22. The fourth-order valence-electron chi connectivity index (χ4n) is 2.94. The smallest absolute Gasteiger partial charge is 0.340 e. The zero-order valence-corrected chi connectivity index (χ0v) is 22.2. The van der Waals surface area contributed by atoms with Crippen LogP contribution in [0.4, 0.5) is 0 Å². The van der Waals surface area contributed by atoms with E-state index in [1.807, 2.05) is 0 Å². The molecule has 3 rings (SSSR count). The zero-order valence-electron chi connectivity index (χ0n) is 19.0. The zero-order chi connectivity index (χ0) is 26.4. The summed E-state index contributed by atoms with van der Waals surface area (Å²) in [4.78, 5) is 15.1. The quantitative estimate of drug-likeness (QED) is 0.150. The molecule has 10 N–H and O–H groups in total. The van der Waals surface area contributed by atoms with Crippen LogP contribution in [-0.4, -0.2) is 113 Å². The van der Waals surface area contributed by atoms with Crippen molar-refractivity contribution in [1.29, 1.82) is 0 Å². The number of rotatable bonds is 10. The Morgan fingerprint density at radius 1 is 0.771 bits per heavy atom. The number of esters is 1. The molecule has 11 nitrogen and oxygen atoms in total. The Balaban J connectivity index is 0.000000466. The molecule has 2 heterocycles. The minimum atomic E-state index is -1.21. The molecule has 0 fully saturated rings. The van der Waals surface area contributed by atoms with Crippen molar-refractivity contribution in [3.8, 4) is 0 Å². The van der Waals surface area contributed by atoms with Crippen molar-refractivity contribution in [3.63, 3.8) is 0 Å². The lowest BCUT2D eigenvalue weighted by molar-refractivity contribution is 0.0516. The first-order valence-electron chi connectivity index (χ1n) is 10.4. The molecular formula is C20H31NO10S4. The number of carbonyl (C=O) groups excluding carboxylic acids is 1. The Bertz CT molecular complexity index is 834. The van der Waals surface area contributed by atoms with Crippen LogP contribution >= 0.6 is 47.0 Å². The van der Waals surface area contributed by atoms with Gasteiger partial charge in [-0.2, -0.15) is 0 Å². The van der Waals surface area contributed by atoms with Gasteiger partial charge in [0.25, 0.3) is 0 Å². The molecule has 0 bridgehead atoms. The predicted molar refractivity (Wildman–Crippen MR) is 134 cm³/mol. The van der Waals surface area contributed by atoms with Crippen LogP contribution in [0.3, 0.4) is 0 Å². The first-order valence-corrected chi connectivity index (χ1v) is 13.7. The molecule has 35 heavy (non-hydrogen) atoms. The fourth-order valence-corrected chi connectivity index (χ4v) is 8.89. The van der Waals surface area contributed by atoms with E-state index in [0.29, 0.717) is 30.7 Å². The number of fused-ring (bicyclic) bond motifs is 2. The van der Waals surface area contributed by atoms with Gasteiger partial charge in [-0.25, -0.2) is 4.79 Å². The summed E-state index contributed by atoms with van der Waals surface area (Å²) >= 11 is 4.78. The van der Waals surface area contributed by atoms with Crippen LogP contribution in [0, 0.1) is 0 Å². The van der Waals surface area contributed by atoms with E-state index < -0.39 is 39.5 Å². The summed E-state index contributed by atoms with van der Waals surface area (Å²) < 4.78 is 3.32. The third-order valence-electron chi connectivity index (χ3n) is 5.11. The maximum absolute atomic E-state index is 12.8. The van der Waals surface area contributed by atoms with Crippen molar-refractivity contribution in [2.24, 2.45) is 5.73 Å². The van der Waals surface area contributed by atoms with Crippen LogP contribution in [0.25, 0.3) is 0 Å². The molecule has 0 saturated carbocycles. The van der Waals surface area contributed by atoms with Gasteiger partial charge in [-0.1, -0.05) is 0 Å². The van der Waals surface area contributed by atoms with E-state index in [1.54, 1.807) is 6.92 Å². The van der Waals surface area contributed by atoms with Gasteiger partial charge in [-0.3, -0.25) is 0 Å². The first-order chi connectivity index (χ1) is 16.6. The number of hydrogen-bond donors (Lipinski definition) is 9. The van der Waals surface area contributed by atoms with Crippen LogP contribution in [0.5, 0.6) is 0 Å². The number of carbonyl (C=O) groups is 1. The SMILES string of the molecule is CCOC(=O)c1c2c(c(CO)c3c1SC(CO)(CO)S3)SC(CO)(CO)S2.NC(CO)(CO)CO. The summed E-state index contributed by atoms with van der Waals surface area (Å²) in [5.74, 6) is -0.547. The summed E-state index contributed by atoms with van der Waals surface area (Å²) in [5, 5.41) is 74.2. The Hall–Kier alpha value is -0.270. The molecule has 0 spiro atoms. The second kappa shape index (κ2) is 13.0. The van der Waals surface area contributed by atoms with Crippen molar-refractivity contribution < 1.29 is 50.4 Å². The molecule has 0 saturated heterocycles. The summed E-state index contributed by atoms with van der Waals surface area (Å²) in [6, 6.07) is 0. The molecular weight excluding hydrogens is 542 g/mol. The van der Waals surface area contributed by atoms with Crippen molar-refractivity contribution in [2.75, 3.05) is 52.9 Å². The molecule has 0 unspecified atom stereocenters. The molecule has 0 amide bonds. The molecule has 15 heteroatoms. The van der Waals surface area contributed by atoms with Crippen molar-refractivity contribution in [1.82, 2.24) is 0 Å². The Kier molecular flexibility index (Phi) is 11.5. The average molecular weight is 574 g/mol. The van der Waals surface area contributed by atoms with E-state index in [0.717, 1.165) is 0 Å². The number of ether oxygens (including phenoxy) is 1. The first kappa shape index (κ1) is 31.0. The van der Waals surface area contributed by atoms with Gasteiger partial charge in [0.2, 0.25) is 0 Å². The van der Waals surface area contributed by atoms with Crippen molar-refractivity contribution in [2.45, 2.75) is 46.8 Å². The van der Waals surface area contributed by atoms with Gasteiger partial charge < -0.3 is 51.3 Å². The highest BCUT2D eigenvalue weighted by atomic mass is 32.2. The standard InChI is InChI=1S/C16H20O7S4.C4H11NO3/c1-2-23-14(22)9-12-10(24-15(4-18,5-19)26-12)8(3-17)11-13(9)27-16(6-20,7-21)25-11;5-4(1-6,2-7)3-8/h17-21H,2-7H2,1H3;6-8H,1-3,5H2. The molecule has 0 radical (unpaired) electrons. The molecule has 1 aromatic rings. The molecule has 2 aliphatic rings. The topological polar surface area (TPSA) is 214 Å². The van der Waals surface area contributed by atoms with E-state index in [1.165, 1.54) is 47.0 Å². The van der Waals surface area contributed by atoms with E-state index in [4.69, 9.17) is 25.8 Å². The van der Waals surface area contributed by atoms with Gasteiger partial charge in [0.1, 0.15) is 8.16 Å². The highest BCUT2D eigenvalue weighted by Gasteiger charge is 2.49. The average Bonchev–Trinajstić information content (AvgIpc) is 3.46. The minimum absolute atomic E-state index is 0.177. The van der Waals surface area contributed by atoms with Gasteiger partial charge in [0.05, 0.1) is 70.6 Å². The third-order valence-corrected chi connectivity index (χ3v) is 11.4. The summed E-state index contributed by atoms with van der Waals surface area (Å²) in [6.07, 6.45) is 0. The Morgan fingerprint density at radius 3 is 1.40 bits per heavy atom. The Morgan fingerprint density at radius 2 is 1.14 bits per heavy atom. The van der Waals surface area contributed by atoms with Crippen LogP contribution in [0.1, 0.15) is 22.8 Å². The predicted octanol–water partition coefficient (Wildman–Crippen LogP) is -1.23. The summed E-state index contributed by atoms with van der Waals surface area (Å²) in [7, 11) is 0.